The molecular formula is C19H20F2N8. The zero-order valence-electron chi connectivity index (χ0n) is 15.8. The highest BCUT2D eigenvalue weighted by atomic mass is 19.3. The van der Waals surface area contributed by atoms with Crippen molar-refractivity contribution < 1.29 is 8.78 Å². The first-order valence-electron chi connectivity index (χ1n) is 9.19. The highest BCUT2D eigenvalue weighted by molar-refractivity contribution is 5.56. The zero-order valence-corrected chi connectivity index (χ0v) is 15.8. The van der Waals surface area contributed by atoms with Gasteiger partial charge in [0.25, 0.3) is 6.43 Å². The van der Waals surface area contributed by atoms with E-state index in [4.69, 9.17) is 10.7 Å². The number of halogens is 2. The fourth-order valence-corrected chi connectivity index (χ4v) is 3.09. The number of nitrogens with one attached hydrogen (secondary N) is 2. The fraction of sp³-hybridized carbons (Fsp3) is 0.368. The van der Waals surface area contributed by atoms with Gasteiger partial charge in [-0.25, -0.2) is 28.2 Å². The minimum Gasteiger partial charge on any atom is -0.367 e. The van der Waals surface area contributed by atoms with Gasteiger partial charge in [0.2, 0.25) is 5.82 Å². The van der Waals surface area contributed by atoms with E-state index in [0.717, 1.165) is 12.0 Å². The van der Waals surface area contributed by atoms with Gasteiger partial charge in [-0.05, 0) is 24.8 Å². The minimum atomic E-state index is -2.75. The van der Waals surface area contributed by atoms with E-state index in [-0.39, 0.29) is 11.7 Å². The number of aryl methyl sites for hydroxylation is 1. The lowest BCUT2D eigenvalue weighted by Crippen LogP contribution is -2.25. The van der Waals surface area contributed by atoms with Crippen LogP contribution in [-0.4, -0.2) is 36.8 Å². The molecule has 0 amide bonds. The van der Waals surface area contributed by atoms with Crippen molar-refractivity contribution >= 4 is 17.7 Å². The summed E-state index contributed by atoms with van der Waals surface area (Å²) in [4.78, 5) is 12.6. The molecule has 8 nitrogen and oxygen atoms in total. The molecule has 0 aliphatic carbocycles. The second-order valence-electron chi connectivity index (χ2n) is 6.46. The molecule has 0 fully saturated rings. The Bertz CT molecular complexity index is 1040. The molecule has 0 aromatic carbocycles. The third-order valence-corrected chi connectivity index (χ3v) is 4.34. The van der Waals surface area contributed by atoms with Crippen molar-refractivity contribution in [2.24, 2.45) is 0 Å². The molecule has 0 saturated carbocycles. The third-order valence-electron chi connectivity index (χ3n) is 4.34. The van der Waals surface area contributed by atoms with Crippen molar-refractivity contribution in [1.29, 1.82) is 10.7 Å². The van der Waals surface area contributed by atoms with Gasteiger partial charge in [-0.3, -0.25) is 0 Å². The Morgan fingerprint density at radius 1 is 1.34 bits per heavy atom. The van der Waals surface area contributed by atoms with Crippen LogP contribution in [0.15, 0.2) is 24.5 Å². The van der Waals surface area contributed by atoms with E-state index in [1.54, 1.807) is 18.2 Å². The van der Waals surface area contributed by atoms with Crippen LogP contribution in [0.3, 0.4) is 0 Å². The van der Waals surface area contributed by atoms with Gasteiger partial charge in [0.05, 0.1) is 5.69 Å². The number of rotatable bonds is 9. The molecule has 3 aromatic heterocycles. The van der Waals surface area contributed by atoms with Crippen LogP contribution >= 0.6 is 0 Å². The summed E-state index contributed by atoms with van der Waals surface area (Å²) in [6.45, 7) is 1.99. The predicted molar refractivity (Wildman–Crippen MR) is 103 cm³/mol. The summed E-state index contributed by atoms with van der Waals surface area (Å²) in [7, 11) is 0. The van der Waals surface area contributed by atoms with Crippen LogP contribution in [0.25, 0.3) is 5.65 Å². The number of aromatic nitrogens is 5. The monoisotopic (exact) mass is 398 g/mol. The lowest BCUT2D eigenvalue weighted by atomic mass is 10.0. The predicted octanol–water partition coefficient (Wildman–Crippen LogP) is 3.34. The number of anilines is 1. The summed E-state index contributed by atoms with van der Waals surface area (Å²) in [5, 5.41) is 23.5. The molecule has 3 aromatic rings. The number of nitriles is 1. The quantitative estimate of drug-likeness (QED) is 0.534. The van der Waals surface area contributed by atoms with Crippen molar-refractivity contribution in [3.05, 3.63) is 47.3 Å². The largest absolute Gasteiger partial charge is 0.367 e. The first-order valence-corrected chi connectivity index (χ1v) is 9.19. The van der Waals surface area contributed by atoms with Crippen molar-refractivity contribution in [3.63, 3.8) is 0 Å². The molecule has 0 saturated heterocycles. The molecular weight excluding hydrogens is 378 g/mol. The van der Waals surface area contributed by atoms with Crippen molar-refractivity contribution in [3.8, 4) is 6.07 Å². The molecule has 0 aliphatic rings. The van der Waals surface area contributed by atoms with E-state index in [1.165, 1.54) is 17.1 Å². The van der Waals surface area contributed by atoms with Gasteiger partial charge in [0, 0.05) is 24.4 Å². The summed E-state index contributed by atoms with van der Waals surface area (Å²) in [6.07, 6.45) is 2.18. The van der Waals surface area contributed by atoms with Crippen molar-refractivity contribution in [2.75, 3.05) is 5.32 Å². The normalized spacial score (nSPS) is 12.1. The van der Waals surface area contributed by atoms with Crippen LogP contribution in [-0.2, 0) is 12.8 Å². The van der Waals surface area contributed by atoms with E-state index in [0.29, 0.717) is 36.4 Å². The molecule has 0 spiro atoms. The summed E-state index contributed by atoms with van der Waals surface area (Å²) >= 11 is 0. The molecule has 1 unspecified atom stereocenters. The maximum Gasteiger partial charge on any atom is 0.299 e. The minimum absolute atomic E-state index is 0.211. The Kier molecular flexibility index (Phi) is 6.39. The van der Waals surface area contributed by atoms with Gasteiger partial charge in [-0.2, -0.15) is 5.26 Å². The van der Waals surface area contributed by atoms with Gasteiger partial charge in [0.15, 0.2) is 5.65 Å². The Morgan fingerprint density at radius 2 is 2.17 bits per heavy atom. The number of nitrogens with zero attached hydrogens (tertiary/aromatic N) is 6. The summed E-state index contributed by atoms with van der Waals surface area (Å²) < 4.78 is 27.3. The Balaban J connectivity index is 1.93. The molecule has 10 heteroatoms. The van der Waals surface area contributed by atoms with E-state index >= 15 is 0 Å². The lowest BCUT2D eigenvalue weighted by Gasteiger charge is -2.19. The molecule has 3 rings (SSSR count). The Hall–Kier alpha value is -3.48. The van der Waals surface area contributed by atoms with Gasteiger partial charge in [-0.15, -0.1) is 5.10 Å². The molecule has 1 atom stereocenters. The molecule has 0 bridgehead atoms. The first-order chi connectivity index (χ1) is 14.0. The van der Waals surface area contributed by atoms with E-state index in [9.17, 15) is 8.78 Å². The lowest BCUT2D eigenvalue weighted by molar-refractivity contribution is 0.140. The summed E-state index contributed by atoms with van der Waals surface area (Å²) in [5.74, 6) is 0.00414. The number of alkyl halides is 2. The maximum absolute atomic E-state index is 13.0. The Morgan fingerprint density at radius 3 is 2.86 bits per heavy atom. The molecule has 2 N–H and O–H groups in total. The van der Waals surface area contributed by atoms with Crippen LogP contribution in [0.1, 0.15) is 49.0 Å². The van der Waals surface area contributed by atoms with Crippen LogP contribution in [0.5, 0.6) is 0 Å². The van der Waals surface area contributed by atoms with Gasteiger partial charge in [-0.1, -0.05) is 19.4 Å². The molecule has 3 heterocycles. The van der Waals surface area contributed by atoms with Gasteiger partial charge >= 0.3 is 0 Å². The molecule has 0 aliphatic heterocycles. The van der Waals surface area contributed by atoms with Crippen molar-refractivity contribution in [2.45, 2.75) is 45.1 Å². The van der Waals surface area contributed by atoms with Crippen LogP contribution in [0.2, 0.25) is 0 Å². The van der Waals surface area contributed by atoms with Gasteiger partial charge in [0.1, 0.15) is 23.9 Å². The Labute approximate surface area is 166 Å². The smallest absolute Gasteiger partial charge is 0.299 e. The number of hydrogen-bond donors (Lipinski definition) is 2. The average Bonchev–Trinajstić information content (AvgIpc) is 3.15. The second kappa shape index (κ2) is 9.14. The second-order valence-corrected chi connectivity index (χ2v) is 6.46. The van der Waals surface area contributed by atoms with E-state index in [2.05, 4.69) is 25.4 Å². The average molecular weight is 398 g/mol. The number of pyridine rings is 1. The van der Waals surface area contributed by atoms with E-state index in [1.807, 2.05) is 13.0 Å². The highest BCUT2D eigenvalue weighted by Gasteiger charge is 2.20. The first kappa shape index (κ1) is 20.3. The third kappa shape index (κ3) is 4.68. The maximum atomic E-state index is 13.0. The van der Waals surface area contributed by atoms with Gasteiger partial charge < -0.3 is 10.7 Å². The topological polar surface area (TPSA) is 116 Å². The summed E-state index contributed by atoms with van der Waals surface area (Å²) in [6, 6.07) is 6.86. The highest BCUT2D eigenvalue weighted by Crippen LogP contribution is 2.21. The molecule has 0 radical (unpaired) electrons. The molecule has 150 valence electrons. The SMILES string of the molecule is CCCc1c(CC(CC=N)Nc2cccc(C#N)n2)ncn2nc(C(F)F)nc12. The zero-order chi connectivity index (χ0) is 20.8. The standard InChI is InChI=1S/C19H20F2N8/c1-2-4-14-15(24-11-29-19(14)27-18(28-29)17(20)21)9-12(7-8-22)25-16-6-3-5-13(10-23)26-16/h3,5-6,8,11-12,17,22H,2,4,7,9H2,1H3,(H,25,26). The van der Waals surface area contributed by atoms with Crippen LogP contribution in [0, 0.1) is 16.7 Å². The number of fused-ring (bicyclic) bond motifs is 1. The molecule has 29 heavy (non-hydrogen) atoms. The fourth-order valence-electron chi connectivity index (χ4n) is 3.09. The summed E-state index contributed by atoms with van der Waals surface area (Å²) in [5.41, 5.74) is 2.15. The number of hydrogen-bond acceptors (Lipinski definition) is 7. The van der Waals surface area contributed by atoms with Crippen molar-refractivity contribution in [1.82, 2.24) is 24.6 Å². The van der Waals surface area contributed by atoms with E-state index < -0.39 is 12.2 Å². The van der Waals surface area contributed by atoms with Crippen LogP contribution < -0.4 is 5.32 Å². The van der Waals surface area contributed by atoms with Crippen LogP contribution in [0.4, 0.5) is 14.6 Å².